The van der Waals surface area contributed by atoms with E-state index in [2.05, 4.69) is 5.32 Å². The summed E-state index contributed by atoms with van der Waals surface area (Å²) in [6.45, 7) is 1.76. The van der Waals surface area contributed by atoms with Crippen LogP contribution in [0, 0.1) is 5.82 Å². The van der Waals surface area contributed by atoms with Gasteiger partial charge in [-0.1, -0.05) is 30.4 Å². The van der Waals surface area contributed by atoms with E-state index in [1.54, 1.807) is 25.1 Å². The molecule has 1 aromatic carbocycles. The fraction of sp³-hybridized carbons (Fsp3) is 0.286. The van der Waals surface area contributed by atoms with Crippen molar-refractivity contribution in [1.29, 1.82) is 0 Å². The normalized spacial score (nSPS) is 12.3. The third kappa shape index (κ3) is 4.91. The van der Waals surface area contributed by atoms with Crippen LogP contribution in [-0.4, -0.2) is 23.0 Å². The van der Waals surface area contributed by atoms with Crippen LogP contribution >= 0.6 is 0 Å². The van der Waals surface area contributed by atoms with E-state index >= 15 is 0 Å². The van der Waals surface area contributed by atoms with E-state index in [4.69, 9.17) is 5.11 Å². The maximum absolute atomic E-state index is 13.3. The first kappa shape index (κ1) is 14.9. The second kappa shape index (κ2) is 7.31. The van der Waals surface area contributed by atoms with Gasteiger partial charge in [0.15, 0.2) is 0 Å². The molecule has 1 amide bonds. The van der Waals surface area contributed by atoms with Gasteiger partial charge in [0.25, 0.3) is 0 Å². The lowest BCUT2D eigenvalue weighted by molar-refractivity contribution is -0.141. The van der Waals surface area contributed by atoms with Crippen molar-refractivity contribution in [3.05, 3.63) is 47.8 Å². The van der Waals surface area contributed by atoms with Crippen molar-refractivity contribution in [2.45, 2.75) is 25.8 Å². The van der Waals surface area contributed by atoms with Crippen molar-refractivity contribution < 1.29 is 19.1 Å². The second-order valence-corrected chi connectivity index (χ2v) is 4.03. The Balaban J connectivity index is 2.63. The Morgan fingerprint density at radius 1 is 1.42 bits per heavy atom. The van der Waals surface area contributed by atoms with Crippen molar-refractivity contribution >= 4 is 11.9 Å². The molecule has 1 atom stereocenters. The lowest BCUT2D eigenvalue weighted by Gasteiger charge is -2.12. The van der Waals surface area contributed by atoms with E-state index in [0.717, 1.165) is 0 Å². The Morgan fingerprint density at radius 3 is 2.68 bits per heavy atom. The highest BCUT2D eigenvalue weighted by Crippen LogP contribution is 2.07. The van der Waals surface area contributed by atoms with E-state index in [-0.39, 0.29) is 18.4 Å². The van der Waals surface area contributed by atoms with Crippen LogP contribution in [0.15, 0.2) is 36.4 Å². The van der Waals surface area contributed by atoms with Crippen molar-refractivity contribution in [3.63, 3.8) is 0 Å². The molecular formula is C14H16FNO3. The topological polar surface area (TPSA) is 66.4 Å². The first-order chi connectivity index (χ1) is 9.04. The molecule has 1 aromatic rings. The lowest BCUT2D eigenvalue weighted by atomic mass is 10.1. The number of carbonyl (C=O) groups excluding carboxylic acids is 1. The highest BCUT2D eigenvalue weighted by Gasteiger charge is 2.18. The molecule has 0 spiro atoms. The maximum atomic E-state index is 13.3. The molecule has 19 heavy (non-hydrogen) atoms. The van der Waals surface area contributed by atoms with E-state index in [0.29, 0.717) is 0 Å². The molecular weight excluding hydrogens is 249 g/mol. The Morgan fingerprint density at radius 2 is 2.11 bits per heavy atom. The third-order valence-electron chi connectivity index (χ3n) is 2.55. The molecule has 0 aliphatic heterocycles. The molecule has 0 aromatic heterocycles. The van der Waals surface area contributed by atoms with E-state index in [1.807, 2.05) is 0 Å². The number of carbonyl (C=O) groups is 2. The summed E-state index contributed by atoms with van der Waals surface area (Å²) in [6, 6.07) is 4.92. The zero-order chi connectivity index (χ0) is 14.3. The van der Waals surface area contributed by atoms with E-state index in [1.165, 1.54) is 18.2 Å². The molecule has 0 heterocycles. The minimum atomic E-state index is -1.11. The van der Waals surface area contributed by atoms with E-state index in [9.17, 15) is 14.0 Å². The molecule has 2 N–H and O–H groups in total. The van der Waals surface area contributed by atoms with E-state index < -0.39 is 23.7 Å². The summed E-state index contributed by atoms with van der Waals surface area (Å²) in [5.74, 6) is -2.10. The van der Waals surface area contributed by atoms with Crippen LogP contribution in [0.3, 0.4) is 0 Å². The quantitative estimate of drug-likeness (QED) is 0.772. The van der Waals surface area contributed by atoms with Gasteiger partial charge in [0.1, 0.15) is 11.9 Å². The number of carboxylic acid groups (broad SMARTS) is 1. The summed E-state index contributed by atoms with van der Waals surface area (Å²) in [5.41, 5.74) is 0.246. The third-order valence-corrected chi connectivity index (χ3v) is 2.55. The zero-order valence-corrected chi connectivity index (χ0v) is 10.6. The summed E-state index contributed by atoms with van der Waals surface area (Å²) in [6.07, 6.45) is 3.39. The SMILES string of the molecule is C/C=C/CC(NC(=O)Cc1ccccc1F)C(=O)O. The maximum Gasteiger partial charge on any atom is 0.326 e. The van der Waals surface area contributed by atoms with Gasteiger partial charge in [-0.25, -0.2) is 9.18 Å². The second-order valence-electron chi connectivity index (χ2n) is 4.03. The number of halogens is 1. The van der Waals surface area contributed by atoms with Gasteiger partial charge >= 0.3 is 5.97 Å². The van der Waals surface area contributed by atoms with Crippen LogP contribution < -0.4 is 5.32 Å². The molecule has 0 bridgehead atoms. The number of hydrogen-bond donors (Lipinski definition) is 2. The van der Waals surface area contributed by atoms with Crippen molar-refractivity contribution in [1.82, 2.24) is 5.32 Å². The Labute approximate surface area is 110 Å². The van der Waals surface area contributed by atoms with Gasteiger partial charge in [0, 0.05) is 0 Å². The smallest absolute Gasteiger partial charge is 0.326 e. The molecule has 4 nitrogen and oxygen atoms in total. The Bertz CT molecular complexity index is 485. The minimum Gasteiger partial charge on any atom is -0.480 e. The number of rotatable bonds is 6. The number of hydrogen-bond acceptors (Lipinski definition) is 2. The van der Waals surface area contributed by atoms with Crippen LogP contribution in [0.4, 0.5) is 4.39 Å². The molecule has 5 heteroatoms. The number of benzene rings is 1. The molecule has 1 unspecified atom stereocenters. The average Bonchev–Trinajstić information content (AvgIpc) is 2.37. The first-order valence-corrected chi connectivity index (χ1v) is 5.91. The first-order valence-electron chi connectivity index (χ1n) is 5.91. The standard InChI is InChI=1S/C14H16FNO3/c1-2-3-8-12(14(18)19)16-13(17)9-10-6-4-5-7-11(10)15/h2-7,12H,8-9H2,1H3,(H,16,17)(H,18,19)/b3-2+. The lowest BCUT2D eigenvalue weighted by Crippen LogP contribution is -2.41. The Kier molecular flexibility index (Phi) is 5.73. The van der Waals surface area contributed by atoms with Crippen LogP contribution in [0.2, 0.25) is 0 Å². The molecule has 0 radical (unpaired) electrons. The molecule has 1 rings (SSSR count). The van der Waals surface area contributed by atoms with Gasteiger partial charge in [-0.15, -0.1) is 0 Å². The fourth-order valence-electron chi connectivity index (χ4n) is 1.55. The summed E-state index contributed by atoms with van der Waals surface area (Å²) in [5, 5.41) is 11.3. The summed E-state index contributed by atoms with van der Waals surface area (Å²) >= 11 is 0. The fourth-order valence-corrected chi connectivity index (χ4v) is 1.55. The predicted molar refractivity (Wildman–Crippen MR) is 69.1 cm³/mol. The summed E-state index contributed by atoms with van der Waals surface area (Å²) in [7, 11) is 0. The largest absolute Gasteiger partial charge is 0.480 e. The van der Waals surface area contributed by atoms with Crippen LogP contribution in [0.5, 0.6) is 0 Å². The molecule has 0 aliphatic carbocycles. The number of aliphatic carboxylic acids is 1. The van der Waals surface area contributed by atoms with Crippen LogP contribution in [0.1, 0.15) is 18.9 Å². The summed E-state index contributed by atoms with van der Waals surface area (Å²) in [4.78, 5) is 22.6. The molecule has 102 valence electrons. The average molecular weight is 265 g/mol. The number of amides is 1. The summed E-state index contributed by atoms with van der Waals surface area (Å²) < 4.78 is 13.3. The van der Waals surface area contributed by atoms with Crippen molar-refractivity contribution in [2.75, 3.05) is 0 Å². The number of allylic oxidation sites excluding steroid dienone is 1. The zero-order valence-electron chi connectivity index (χ0n) is 10.6. The van der Waals surface area contributed by atoms with Gasteiger partial charge in [-0.05, 0) is 25.0 Å². The van der Waals surface area contributed by atoms with Crippen LogP contribution in [-0.2, 0) is 16.0 Å². The predicted octanol–water partition coefficient (Wildman–Crippen LogP) is 1.90. The number of carboxylic acids is 1. The molecule has 0 saturated heterocycles. The van der Waals surface area contributed by atoms with Gasteiger partial charge in [-0.3, -0.25) is 4.79 Å². The number of nitrogens with one attached hydrogen (secondary N) is 1. The van der Waals surface area contributed by atoms with Crippen molar-refractivity contribution in [2.24, 2.45) is 0 Å². The minimum absolute atomic E-state index is 0.174. The van der Waals surface area contributed by atoms with Gasteiger partial charge in [0.2, 0.25) is 5.91 Å². The van der Waals surface area contributed by atoms with Gasteiger partial charge < -0.3 is 10.4 Å². The van der Waals surface area contributed by atoms with Gasteiger partial charge in [-0.2, -0.15) is 0 Å². The Hall–Kier alpha value is -2.17. The molecule has 0 fully saturated rings. The molecule has 0 aliphatic rings. The highest BCUT2D eigenvalue weighted by molar-refractivity contribution is 5.84. The molecule has 0 saturated carbocycles. The monoisotopic (exact) mass is 265 g/mol. The van der Waals surface area contributed by atoms with Crippen molar-refractivity contribution in [3.8, 4) is 0 Å². The van der Waals surface area contributed by atoms with Crippen LogP contribution in [0.25, 0.3) is 0 Å². The highest BCUT2D eigenvalue weighted by atomic mass is 19.1. The van der Waals surface area contributed by atoms with Gasteiger partial charge in [0.05, 0.1) is 6.42 Å².